The molecule has 0 aliphatic heterocycles. The molecule has 0 fully saturated rings. The fraction of sp³-hybridized carbons (Fsp3) is 0.133. The van der Waals surface area contributed by atoms with Crippen LogP contribution in [-0.2, 0) is 43.9 Å². The van der Waals surface area contributed by atoms with Crippen LogP contribution in [0.2, 0.25) is 0 Å². The Bertz CT molecular complexity index is 2160. The lowest BCUT2D eigenvalue weighted by Gasteiger charge is -2.12. The normalized spacial score (nSPS) is 10.8. The van der Waals surface area contributed by atoms with E-state index in [0.717, 1.165) is 38.8 Å². The maximum absolute atomic E-state index is 13.5. The van der Waals surface area contributed by atoms with Crippen molar-refractivity contribution in [2.45, 2.75) is 26.9 Å². The summed E-state index contributed by atoms with van der Waals surface area (Å²) in [4.78, 5) is 61.9. The number of carbonyl (C=O) groups is 3. The number of hydrogen-bond donors (Lipinski definition) is 1. The highest BCUT2D eigenvalue weighted by Gasteiger charge is 2.19. The number of fused-ring (bicyclic) bond motifs is 3. The summed E-state index contributed by atoms with van der Waals surface area (Å²) in [6.07, 6.45) is 1.31. The molecular weight excluding hydrogens is 576 g/mol. The van der Waals surface area contributed by atoms with E-state index in [4.69, 9.17) is 0 Å². The number of para-hydroxylation sites is 1. The Morgan fingerprint density at radius 1 is 0.930 bits per heavy atom. The number of nitriles is 1. The third kappa shape index (κ3) is 5.11. The van der Waals surface area contributed by atoms with E-state index in [0.29, 0.717) is 14.0 Å². The number of aryl methyl sites for hydroxylation is 1. The van der Waals surface area contributed by atoms with E-state index < -0.39 is 46.8 Å². The molecule has 3 aromatic heterocycles. The van der Waals surface area contributed by atoms with Gasteiger partial charge < -0.3 is 19.1 Å². The predicted octanol–water partition coefficient (Wildman–Crippen LogP) is 1.71. The summed E-state index contributed by atoms with van der Waals surface area (Å²) in [5.41, 5.74) is -0.564. The first-order chi connectivity index (χ1) is 20.8. The van der Waals surface area contributed by atoms with Gasteiger partial charge in [0.1, 0.15) is 16.8 Å². The van der Waals surface area contributed by atoms with Crippen LogP contribution in [0.25, 0.3) is 43.9 Å². The first-order valence-corrected chi connectivity index (χ1v) is 13.6. The number of nitrogens with zero attached hydrogens (tertiary/aromatic N) is 4. The van der Waals surface area contributed by atoms with E-state index in [-0.39, 0.29) is 12.9 Å². The number of aromatic nitrogens is 3. The molecule has 0 spiro atoms. The molecule has 5 rings (SSSR count). The number of carboxylic acids is 1. The van der Waals surface area contributed by atoms with E-state index in [1.165, 1.54) is 23.5 Å². The molecule has 0 amide bonds. The van der Waals surface area contributed by atoms with Gasteiger partial charge in [-0.05, 0) is 48.9 Å². The maximum atomic E-state index is 13.5. The smallest absolute Gasteiger partial charge is 0.350 e. The lowest BCUT2D eigenvalue weighted by Crippen LogP contribution is -2.59. The first kappa shape index (κ1) is 28.8. The molecule has 0 unspecified atom stereocenters. The highest BCUT2D eigenvalue weighted by molar-refractivity contribution is 7.16. The summed E-state index contributed by atoms with van der Waals surface area (Å²) in [5, 5.41) is 20.8. The summed E-state index contributed by atoms with van der Waals surface area (Å²) >= 11 is 1.31. The molecular formula is C30H22N4O8S. The molecule has 3 heterocycles. The first-order valence-electron chi connectivity index (χ1n) is 12.8. The van der Waals surface area contributed by atoms with Crippen molar-refractivity contribution in [2.75, 3.05) is 0 Å². The average Bonchev–Trinajstić information content (AvgIpc) is 3.61. The third-order valence-corrected chi connectivity index (χ3v) is 7.92. The molecule has 13 heteroatoms. The minimum absolute atomic E-state index is 0.0179. The quantitative estimate of drug-likeness (QED) is 0.236. The minimum Gasteiger partial charge on any atom is -0.477 e. The molecule has 1 N–H and O–H groups in total. The van der Waals surface area contributed by atoms with Crippen molar-refractivity contribution in [3.63, 3.8) is 0 Å². The van der Waals surface area contributed by atoms with Crippen LogP contribution >= 0.6 is 11.3 Å². The molecule has 2 aromatic carbocycles. The zero-order valence-electron chi connectivity index (χ0n) is 22.6. The second-order valence-electron chi connectivity index (χ2n) is 9.12. The number of carbonyl (C=O) groups excluding carboxylic acids is 2. The van der Waals surface area contributed by atoms with Gasteiger partial charge in [-0.1, -0.05) is 24.3 Å². The lowest BCUT2D eigenvalue weighted by molar-refractivity contribution is -0.132. The van der Waals surface area contributed by atoms with Crippen molar-refractivity contribution in [1.29, 1.82) is 5.26 Å². The van der Waals surface area contributed by atoms with Gasteiger partial charge in [0.25, 0.3) is 24.1 Å². The Hall–Kier alpha value is -5.74. The van der Waals surface area contributed by atoms with Crippen LogP contribution in [0.3, 0.4) is 0 Å². The Balaban J connectivity index is 1.71. The zero-order chi connectivity index (χ0) is 30.7. The van der Waals surface area contributed by atoms with Gasteiger partial charge in [-0.3, -0.25) is 28.3 Å². The summed E-state index contributed by atoms with van der Waals surface area (Å²) < 4.78 is 12.9. The van der Waals surface area contributed by atoms with Gasteiger partial charge in [-0.15, -0.1) is 11.3 Å². The molecule has 0 aliphatic rings. The van der Waals surface area contributed by atoms with Crippen LogP contribution in [0.1, 0.15) is 11.8 Å². The molecule has 0 saturated heterocycles. The van der Waals surface area contributed by atoms with Crippen molar-refractivity contribution < 1.29 is 29.0 Å². The van der Waals surface area contributed by atoms with Crippen molar-refractivity contribution in [2.24, 2.45) is 0 Å². The molecule has 5 aromatic rings. The topological polar surface area (TPSA) is 163 Å². The Morgan fingerprint density at radius 3 is 2.19 bits per heavy atom. The van der Waals surface area contributed by atoms with Crippen LogP contribution in [0.15, 0.2) is 64.2 Å². The van der Waals surface area contributed by atoms with Crippen molar-refractivity contribution >= 4 is 63.7 Å². The van der Waals surface area contributed by atoms with E-state index in [1.54, 1.807) is 6.07 Å². The number of benzene rings is 2. The second-order valence-corrected chi connectivity index (χ2v) is 10.2. The monoisotopic (exact) mass is 598 g/mol. The van der Waals surface area contributed by atoms with Gasteiger partial charge in [0.15, 0.2) is 19.0 Å². The fourth-order valence-electron chi connectivity index (χ4n) is 5.03. The lowest BCUT2D eigenvalue weighted by atomic mass is 10.1. The van der Waals surface area contributed by atoms with Crippen molar-refractivity contribution in [3.05, 3.63) is 90.9 Å². The number of carboxylic acid groups (broad SMARTS) is 1. The van der Waals surface area contributed by atoms with E-state index in [9.17, 15) is 34.3 Å². The summed E-state index contributed by atoms with van der Waals surface area (Å²) in [7, 11) is 0. The third-order valence-electron chi connectivity index (χ3n) is 6.84. The number of rotatable bonds is 10. The van der Waals surface area contributed by atoms with Gasteiger partial charge in [-0.25, -0.2) is 4.79 Å². The van der Waals surface area contributed by atoms with Crippen LogP contribution in [0, 0.1) is 11.3 Å². The van der Waals surface area contributed by atoms with E-state index in [2.05, 4.69) is 45.2 Å². The van der Waals surface area contributed by atoms with Crippen molar-refractivity contribution in [1.82, 2.24) is 13.7 Å². The molecule has 216 valence electrons. The molecule has 0 aliphatic carbocycles. The van der Waals surface area contributed by atoms with Crippen LogP contribution in [0.5, 0.6) is 0 Å². The Labute approximate surface area is 245 Å². The Morgan fingerprint density at radius 2 is 1.58 bits per heavy atom. The van der Waals surface area contributed by atoms with E-state index >= 15 is 0 Å². The SMILES string of the molecule is CCn1c2ccccc2c2cc(-c3ccc(C=c4c(=O)n(COC=O)c(=C(C#N)C(=O)O)n(COC=O)c4=O)s3)ccc21. The fourth-order valence-corrected chi connectivity index (χ4v) is 5.98. The van der Waals surface area contributed by atoms with Crippen molar-refractivity contribution in [3.8, 4) is 16.5 Å². The largest absolute Gasteiger partial charge is 0.477 e. The summed E-state index contributed by atoms with van der Waals surface area (Å²) in [5.74, 6) is -1.75. The molecule has 12 nitrogen and oxygen atoms in total. The molecule has 0 saturated carbocycles. The van der Waals surface area contributed by atoms with E-state index in [1.807, 2.05) is 24.3 Å². The predicted molar refractivity (Wildman–Crippen MR) is 157 cm³/mol. The number of thiophene rings is 1. The number of hydrogen-bond acceptors (Lipinski definition) is 9. The van der Waals surface area contributed by atoms with Gasteiger partial charge in [0, 0.05) is 38.1 Å². The maximum Gasteiger partial charge on any atom is 0.350 e. The minimum atomic E-state index is -1.75. The second kappa shape index (κ2) is 12.0. The number of ether oxygens (including phenoxy) is 2. The highest BCUT2D eigenvalue weighted by atomic mass is 32.1. The Kier molecular flexibility index (Phi) is 8.04. The van der Waals surface area contributed by atoms with Gasteiger partial charge in [-0.2, -0.15) is 5.26 Å². The van der Waals surface area contributed by atoms with Crippen LogP contribution in [-0.4, -0.2) is 37.7 Å². The van der Waals surface area contributed by atoms with Gasteiger partial charge >= 0.3 is 5.97 Å². The van der Waals surface area contributed by atoms with Gasteiger partial charge in [0.2, 0.25) is 0 Å². The van der Waals surface area contributed by atoms with Crippen LogP contribution < -0.4 is 21.8 Å². The number of aliphatic carboxylic acids is 1. The zero-order valence-corrected chi connectivity index (χ0v) is 23.4. The molecule has 43 heavy (non-hydrogen) atoms. The van der Waals surface area contributed by atoms with Gasteiger partial charge in [0.05, 0.1) is 0 Å². The molecule has 0 bridgehead atoms. The average molecular weight is 599 g/mol. The molecule has 0 atom stereocenters. The standard InChI is InChI=1S/C30H22N4O8S/c1-2-32-24-6-4-3-5-20(24)21-11-18(7-9-25(21)32)26-10-8-19(43-26)12-22-28(37)33(14-41-16-35)27(23(13-31)30(39)40)34(29(22)38)15-42-17-36/h3-12,16-17H,2,14-15H2,1H3,(H,39,40). The summed E-state index contributed by atoms with van der Waals surface area (Å²) in [6.45, 7) is 1.32. The highest BCUT2D eigenvalue weighted by Crippen LogP contribution is 2.35. The molecule has 0 radical (unpaired) electrons. The van der Waals surface area contributed by atoms with Crippen LogP contribution in [0.4, 0.5) is 0 Å². The summed E-state index contributed by atoms with van der Waals surface area (Å²) in [6, 6.07) is 19.3.